The first kappa shape index (κ1) is 13.0. The van der Waals surface area contributed by atoms with Gasteiger partial charge >= 0.3 is 0 Å². The van der Waals surface area contributed by atoms with Crippen LogP contribution in [0.1, 0.15) is 5.56 Å². The molecule has 0 aromatic heterocycles. The monoisotopic (exact) mass is 255 g/mol. The molecule has 0 aliphatic carbocycles. The van der Waals surface area contributed by atoms with Crippen LogP contribution in [0.25, 0.3) is 0 Å². The van der Waals surface area contributed by atoms with E-state index < -0.39 is 0 Å². The molecule has 0 aliphatic rings. The summed E-state index contributed by atoms with van der Waals surface area (Å²) in [4.78, 5) is 4.29. The number of methoxy groups -OCH3 is 1. The lowest BCUT2D eigenvalue weighted by Gasteiger charge is -2.07. The number of anilines is 1. The molecule has 2 rings (SSSR count). The van der Waals surface area contributed by atoms with E-state index >= 15 is 0 Å². The molecular weight excluding hydrogens is 238 g/mol. The normalized spacial score (nSPS) is 11.2. The highest BCUT2D eigenvalue weighted by atomic mass is 16.5. The first-order valence-corrected chi connectivity index (χ1v) is 5.99. The molecule has 2 aromatic carbocycles. The van der Waals surface area contributed by atoms with Gasteiger partial charge in [0.05, 0.1) is 12.8 Å². The van der Waals surface area contributed by atoms with Crippen molar-refractivity contribution < 1.29 is 4.74 Å². The van der Waals surface area contributed by atoms with E-state index in [9.17, 15) is 0 Å². The highest BCUT2D eigenvalue weighted by molar-refractivity contribution is 5.94. The van der Waals surface area contributed by atoms with Crippen molar-refractivity contribution >= 4 is 17.3 Å². The summed E-state index contributed by atoms with van der Waals surface area (Å²) >= 11 is 0. The minimum atomic E-state index is 0.345. The summed E-state index contributed by atoms with van der Waals surface area (Å²) in [5.41, 5.74) is 8.72. The summed E-state index contributed by atoms with van der Waals surface area (Å²) in [5, 5.41) is 3.03. The lowest BCUT2D eigenvalue weighted by Crippen LogP contribution is -2.21. The van der Waals surface area contributed by atoms with Crippen LogP contribution in [0.4, 0.5) is 11.4 Å². The smallest absolute Gasteiger partial charge is 0.198 e. The SMILES string of the molecule is COc1cccc(NC(N)=Nc2ccc(C)cc2)c1. The molecular formula is C15H17N3O. The fraction of sp³-hybridized carbons (Fsp3) is 0.133. The Balaban J connectivity index is 2.11. The average molecular weight is 255 g/mol. The topological polar surface area (TPSA) is 59.6 Å². The zero-order valence-electron chi connectivity index (χ0n) is 11.1. The third-order valence-corrected chi connectivity index (χ3v) is 2.63. The molecule has 4 heteroatoms. The first-order chi connectivity index (χ1) is 9.17. The van der Waals surface area contributed by atoms with Crippen LogP contribution in [0.5, 0.6) is 5.75 Å². The van der Waals surface area contributed by atoms with E-state index in [1.807, 2.05) is 55.5 Å². The number of ether oxygens (including phenoxy) is 1. The van der Waals surface area contributed by atoms with Gasteiger partial charge in [0.2, 0.25) is 0 Å². The molecule has 3 N–H and O–H groups in total. The molecule has 19 heavy (non-hydrogen) atoms. The van der Waals surface area contributed by atoms with Crippen molar-refractivity contribution in [3.63, 3.8) is 0 Å². The molecule has 98 valence electrons. The Morgan fingerprint density at radius 1 is 1.16 bits per heavy atom. The quantitative estimate of drug-likeness (QED) is 0.654. The first-order valence-electron chi connectivity index (χ1n) is 5.99. The van der Waals surface area contributed by atoms with Crippen LogP contribution in [0.3, 0.4) is 0 Å². The Hall–Kier alpha value is -2.49. The number of aryl methyl sites for hydroxylation is 1. The van der Waals surface area contributed by atoms with Crippen molar-refractivity contribution in [2.45, 2.75) is 6.92 Å². The summed E-state index contributed by atoms with van der Waals surface area (Å²) in [6.07, 6.45) is 0. The van der Waals surface area contributed by atoms with Crippen LogP contribution < -0.4 is 15.8 Å². The van der Waals surface area contributed by atoms with Gasteiger partial charge in [0.25, 0.3) is 0 Å². The van der Waals surface area contributed by atoms with Crippen molar-refractivity contribution in [2.24, 2.45) is 10.7 Å². The van der Waals surface area contributed by atoms with Crippen LogP contribution in [-0.4, -0.2) is 13.1 Å². The van der Waals surface area contributed by atoms with Crippen LogP contribution in [0, 0.1) is 6.92 Å². The lowest BCUT2D eigenvalue weighted by atomic mass is 10.2. The number of nitrogens with one attached hydrogen (secondary N) is 1. The predicted molar refractivity (Wildman–Crippen MR) is 79.1 cm³/mol. The van der Waals surface area contributed by atoms with Crippen LogP contribution in [0.2, 0.25) is 0 Å². The van der Waals surface area contributed by atoms with E-state index in [4.69, 9.17) is 10.5 Å². The minimum Gasteiger partial charge on any atom is -0.497 e. The van der Waals surface area contributed by atoms with E-state index in [1.54, 1.807) is 7.11 Å². The van der Waals surface area contributed by atoms with Gasteiger partial charge in [-0.15, -0.1) is 0 Å². The summed E-state index contributed by atoms with van der Waals surface area (Å²) < 4.78 is 5.15. The number of nitrogens with zero attached hydrogens (tertiary/aromatic N) is 1. The average Bonchev–Trinajstić information content (AvgIpc) is 2.41. The Morgan fingerprint density at radius 2 is 1.89 bits per heavy atom. The third-order valence-electron chi connectivity index (χ3n) is 2.63. The van der Waals surface area contributed by atoms with Crippen molar-refractivity contribution in [1.82, 2.24) is 0 Å². The summed E-state index contributed by atoms with van der Waals surface area (Å²) in [6, 6.07) is 15.4. The molecule has 0 heterocycles. The number of rotatable bonds is 3. The zero-order valence-corrected chi connectivity index (χ0v) is 11.1. The number of hydrogen-bond acceptors (Lipinski definition) is 2. The maximum atomic E-state index is 5.87. The second kappa shape index (κ2) is 5.91. The molecule has 0 radical (unpaired) electrons. The summed E-state index contributed by atoms with van der Waals surface area (Å²) in [7, 11) is 1.63. The number of hydrogen-bond donors (Lipinski definition) is 2. The van der Waals surface area contributed by atoms with Crippen molar-refractivity contribution in [3.8, 4) is 5.75 Å². The Labute approximate surface area is 112 Å². The van der Waals surface area contributed by atoms with E-state index in [1.165, 1.54) is 5.56 Å². The van der Waals surface area contributed by atoms with Crippen LogP contribution in [0.15, 0.2) is 53.5 Å². The maximum absolute atomic E-state index is 5.87. The second-order valence-electron chi connectivity index (χ2n) is 4.19. The van der Waals surface area contributed by atoms with Crippen LogP contribution >= 0.6 is 0 Å². The fourth-order valence-electron chi connectivity index (χ4n) is 1.64. The van der Waals surface area contributed by atoms with E-state index in [0.29, 0.717) is 5.96 Å². The second-order valence-corrected chi connectivity index (χ2v) is 4.19. The Morgan fingerprint density at radius 3 is 2.58 bits per heavy atom. The van der Waals surface area contributed by atoms with Crippen molar-refractivity contribution in [3.05, 3.63) is 54.1 Å². The molecule has 0 amide bonds. The van der Waals surface area contributed by atoms with E-state index in [-0.39, 0.29) is 0 Å². The number of aliphatic imine (C=N–C) groups is 1. The molecule has 0 atom stereocenters. The van der Waals surface area contributed by atoms with Gasteiger partial charge in [0, 0.05) is 11.8 Å². The van der Waals surface area contributed by atoms with Crippen molar-refractivity contribution in [2.75, 3.05) is 12.4 Å². The molecule has 0 fully saturated rings. The molecule has 0 bridgehead atoms. The summed E-state index contributed by atoms with van der Waals surface area (Å²) in [6.45, 7) is 2.03. The van der Waals surface area contributed by atoms with Gasteiger partial charge in [-0.3, -0.25) is 0 Å². The van der Waals surface area contributed by atoms with E-state index in [0.717, 1.165) is 17.1 Å². The van der Waals surface area contributed by atoms with Gasteiger partial charge in [0.1, 0.15) is 5.75 Å². The zero-order chi connectivity index (χ0) is 13.7. The van der Waals surface area contributed by atoms with Gasteiger partial charge in [-0.1, -0.05) is 23.8 Å². The molecule has 0 unspecified atom stereocenters. The molecule has 0 saturated carbocycles. The highest BCUT2D eigenvalue weighted by Crippen LogP contribution is 2.17. The maximum Gasteiger partial charge on any atom is 0.198 e. The number of guanidine groups is 1. The van der Waals surface area contributed by atoms with Gasteiger partial charge in [-0.2, -0.15) is 0 Å². The number of benzene rings is 2. The molecule has 4 nitrogen and oxygen atoms in total. The predicted octanol–water partition coefficient (Wildman–Crippen LogP) is 3.06. The molecule has 0 spiro atoms. The lowest BCUT2D eigenvalue weighted by molar-refractivity contribution is 0.415. The third kappa shape index (κ3) is 3.74. The van der Waals surface area contributed by atoms with Crippen LogP contribution in [-0.2, 0) is 0 Å². The molecule has 2 aromatic rings. The minimum absolute atomic E-state index is 0.345. The molecule has 0 saturated heterocycles. The highest BCUT2D eigenvalue weighted by Gasteiger charge is 1.98. The van der Waals surface area contributed by atoms with Gasteiger partial charge in [-0.05, 0) is 31.2 Å². The summed E-state index contributed by atoms with van der Waals surface area (Å²) in [5.74, 6) is 1.12. The number of nitrogens with two attached hydrogens (primary N) is 1. The van der Waals surface area contributed by atoms with E-state index in [2.05, 4.69) is 10.3 Å². The Bertz CT molecular complexity index is 576. The van der Waals surface area contributed by atoms with Gasteiger partial charge in [-0.25, -0.2) is 4.99 Å². The fourth-order valence-corrected chi connectivity index (χ4v) is 1.64. The van der Waals surface area contributed by atoms with Gasteiger partial charge in [0.15, 0.2) is 5.96 Å². The standard InChI is InChI=1S/C15H17N3O/c1-11-6-8-12(9-7-11)17-15(16)18-13-4-3-5-14(10-13)19-2/h3-10H,1-2H3,(H3,16,17,18). The van der Waals surface area contributed by atoms with Crippen molar-refractivity contribution in [1.29, 1.82) is 0 Å². The van der Waals surface area contributed by atoms with Gasteiger partial charge < -0.3 is 15.8 Å². The molecule has 0 aliphatic heterocycles. The largest absolute Gasteiger partial charge is 0.497 e. The Kier molecular flexibility index (Phi) is 4.03.